The second kappa shape index (κ2) is 5.87. The van der Waals surface area contributed by atoms with Gasteiger partial charge in [0.05, 0.1) is 30.4 Å². The van der Waals surface area contributed by atoms with Crippen molar-refractivity contribution >= 4 is 5.91 Å². The quantitative estimate of drug-likeness (QED) is 0.854. The molecule has 0 aromatic carbocycles. The van der Waals surface area contributed by atoms with Gasteiger partial charge >= 0.3 is 0 Å². The van der Waals surface area contributed by atoms with Crippen LogP contribution in [0.2, 0.25) is 0 Å². The van der Waals surface area contributed by atoms with Crippen molar-refractivity contribution in [1.29, 1.82) is 0 Å². The van der Waals surface area contributed by atoms with Gasteiger partial charge in [0.1, 0.15) is 0 Å². The molecule has 5 nitrogen and oxygen atoms in total. The number of carbonyl (C=O) groups excluding carboxylic acids is 1. The van der Waals surface area contributed by atoms with Gasteiger partial charge in [-0.05, 0) is 44.2 Å². The van der Waals surface area contributed by atoms with Crippen LogP contribution >= 0.6 is 0 Å². The minimum atomic E-state index is -0.192. The average Bonchev–Trinajstić information content (AvgIpc) is 3.18. The first-order valence-electron chi connectivity index (χ1n) is 8.61. The minimum absolute atomic E-state index is 0.0559. The van der Waals surface area contributed by atoms with Gasteiger partial charge in [0, 0.05) is 31.5 Å². The normalized spacial score (nSPS) is 30.3. The van der Waals surface area contributed by atoms with E-state index in [1.807, 2.05) is 24.0 Å². The van der Waals surface area contributed by atoms with E-state index in [1.165, 1.54) is 12.8 Å². The number of aryl methyl sites for hydroxylation is 1. The maximum absolute atomic E-state index is 12.6. The lowest BCUT2D eigenvalue weighted by atomic mass is 9.98. The molecular weight excluding hydrogens is 292 g/mol. The van der Waals surface area contributed by atoms with Crippen LogP contribution < -0.4 is 0 Å². The summed E-state index contributed by atoms with van der Waals surface area (Å²) in [5.74, 6) is 0.836. The molecule has 4 rings (SSSR count). The highest BCUT2D eigenvalue weighted by molar-refractivity contribution is 5.94. The van der Waals surface area contributed by atoms with E-state index in [-0.39, 0.29) is 17.6 Å². The van der Waals surface area contributed by atoms with Crippen LogP contribution in [0.15, 0.2) is 18.3 Å². The Labute approximate surface area is 137 Å². The molecule has 2 unspecified atom stereocenters. The second-order valence-electron chi connectivity index (χ2n) is 7.26. The minimum Gasteiger partial charge on any atom is -0.375 e. The fourth-order valence-electron chi connectivity index (χ4n) is 3.55. The standard InChI is InChI=1S/C18H24N2O3/c1-13-2-5-15(9-19-13)17(21)20-7-6-18(12-20)8-16(11-23-18)22-10-14-3-4-14/h2,5,9,14,16H,3-4,6-8,10-12H2,1H3. The van der Waals surface area contributed by atoms with Crippen molar-refractivity contribution in [2.45, 2.75) is 44.3 Å². The molecule has 0 N–H and O–H groups in total. The summed E-state index contributed by atoms with van der Waals surface area (Å²) < 4.78 is 12.0. The van der Waals surface area contributed by atoms with Gasteiger partial charge in [-0.25, -0.2) is 0 Å². The van der Waals surface area contributed by atoms with Gasteiger partial charge < -0.3 is 14.4 Å². The third-order valence-corrected chi connectivity index (χ3v) is 5.20. The van der Waals surface area contributed by atoms with Crippen LogP contribution in [0, 0.1) is 12.8 Å². The van der Waals surface area contributed by atoms with E-state index in [9.17, 15) is 4.79 Å². The van der Waals surface area contributed by atoms with Crippen molar-refractivity contribution in [3.63, 3.8) is 0 Å². The molecule has 23 heavy (non-hydrogen) atoms. The molecule has 2 saturated heterocycles. The van der Waals surface area contributed by atoms with Crippen molar-refractivity contribution in [1.82, 2.24) is 9.88 Å². The molecule has 3 fully saturated rings. The Morgan fingerprint density at radius 1 is 1.48 bits per heavy atom. The predicted molar refractivity (Wildman–Crippen MR) is 85.3 cm³/mol. The smallest absolute Gasteiger partial charge is 0.255 e. The number of carbonyl (C=O) groups is 1. The fraction of sp³-hybridized carbons (Fsp3) is 0.667. The zero-order chi connectivity index (χ0) is 15.9. The number of nitrogens with zero attached hydrogens (tertiary/aromatic N) is 2. The first-order chi connectivity index (χ1) is 11.1. The number of likely N-dealkylation sites (tertiary alicyclic amines) is 1. The number of ether oxygens (including phenoxy) is 2. The van der Waals surface area contributed by atoms with Crippen molar-refractivity contribution in [3.05, 3.63) is 29.6 Å². The summed E-state index contributed by atoms with van der Waals surface area (Å²) in [5, 5.41) is 0. The highest BCUT2D eigenvalue weighted by Crippen LogP contribution is 2.38. The molecule has 3 aliphatic rings. The van der Waals surface area contributed by atoms with E-state index in [2.05, 4.69) is 4.98 Å². The number of pyridine rings is 1. The zero-order valence-electron chi connectivity index (χ0n) is 13.7. The summed E-state index contributed by atoms with van der Waals surface area (Å²) in [5.41, 5.74) is 1.39. The Balaban J connectivity index is 1.35. The zero-order valence-corrected chi connectivity index (χ0v) is 13.7. The lowest BCUT2D eigenvalue weighted by Gasteiger charge is -2.23. The van der Waals surface area contributed by atoms with E-state index in [0.29, 0.717) is 18.7 Å². The summed E-state index contributed by atoms with van der Waals surface area (Å²) in [4.78, 5) is 18.7. The lowest BCUT2D eigenvalue weighted by Crippen LogP contribution is -2.36. The van der Waals surface area contributed by atoms with Crippen LogP contribution in [0.25, 0.3) is 0 Å². The van der Waals surface area contributed by atoms with Gasteiger partial charge in [-0.2, -0.15) is 0 Å². The predicted octanol–water partition coefficient (Wildman–Crippen LogP) is 2.19. The molecule has 1 spiro atoms. The number of rotatable bonds is 4. The first-order valence-corrected chi connectivity index (χ1v) is 8.61. The third-order valence-electron chi connectivity index (χ3n) is 5.20. The summed E-state index contributed by atoms with van der Waals surface area (Å²) in [7, 11) is 0. The average molecular weight is 316 g/mol. The van der Waals surface area contributed by atoms with Crippen molar-refractivity contribution in [3.8, 4) is 0 Å². The maximum atomic E-state index is 12.6. The Kier molecular flexibility index (Phi) is 3.85. The van der Waals surface area contributed by atoms with Crippen molar-refractivity contribution < 1.29 is 14.3 Å². The Hall–Kier alpha value is -1.46. The Morgan fingerprint density at radius 3 is 3.09 bits per heavy atom. The topological polar surface area (TPSA) is 51.7 Å². The first kappa shape index (κ1) is 15.1. The highest BCUT2D eigenvalue weighted by atomic mass is 16.6. The van der Waals surface area contributed by atoms with Crippen molar-refractivity contribution in [2.75, 3.05) is 26.3 Å². The monoisotopic (exact) mass is 316 g/mol. The van der Waals surface area contributed by atoms with Gasteiger partial charge in [-0.15, -0.1) is 0 Å². The highest BCUT2D eigenvalue weighted by Gasteiger charge is 2.47. The number of hydrogen-bond donors (Lipinski definition) is 0. The van der Waals surface area contributed by atoms with E-state index < -0.39 is 0 Å². The van der Waals surface area contributed by atoms with Crippen molar-refractivity contribution in [2.24, 2.45) is 5.92 Å². The van der Waals surface area contributed by atoms with Crippen LogP contribution in [0.5, 0.6) is 0 Å². The molecule has 2 aliphatic heterocycles. The Morgan fingerprint density at radius 2 is 2.35 bits per heavy atom. The Bertz CT molecular complexity index is 584. The number of hydrogen-bond acceptors (Lipinski definition) is 4. The molecule has 2 atom stereocenters. The van der Waals surface area contributed by atoms with Gasteiger partial charge in [-0.3, -0.25) is 9.78 Å². The van der Waals surface area contributed by atoms with E-state index in [1.54, 1.807) is 6.20 Å². The molecule has 1 amide bonds. The van der Waals surface area contributed by atoms with Crippen LogP contribution in [-0.4, -0.2) is 53.8 Å². The summed E-state index contributed by atoms with van der Waals surface area (Å²) in [6.07, 6.45) is 6.31. The van der Waals surface area contributed by atoms with E-state index >= 15 is 0 Å². The summed E-state index contributed by atoms with van der Waals surface area (Å²) in [6, 6.07) is 3.74. The van der Waals surface area contributed by atoms with Crippen LogP contribution in [0.4, 0.5) is 0 Å². The molecule has 1 aliphatic carbocycles. The van der Waals surface area contributed by atoms with Gasteiger partial charge in [0.15, 0.2) is 0 Å². The molecule has 1 aromatic rings. The van der Waals surface area contributed by atoms with Crippen LogP contribution in [0.1, 0.15) is 41.7 Å². The molecule has 0 bridgehead atoms. The lowest BCUT2D eigenvalue weighted by molar-refractivity contribution is 0.00156. The third kappa shape index (κ3) is 3.26. The summed E-state index contributed by atoms with van der Waals surface area (Å²) >= 11 is 0. The number of aromatic nitrogens is 1. The van der Waals surface area contributed by atoms with Crippen LogP contribution in [0.3, 0.4) is 0 Å². The van der Waals surface area contributed by atoms with Crippen LogP contribution in [-0.2, 0) is 9.47 Å². The van der Waals surface area contributed by atoms with E-state index in [0.717, 1.165) is 37.6 Å². The molecular formula is C18H24N2O3. The molecule has 124 valence electrons. The molecule has 5 heteroatoms. The number of amides is 1. The van der Waals surface area contributed by atoms with Gasteiger partial charge in [-0.1, -0.05) is 0 Å². The SMILES string of the molecule is Cc1ccc(C(=O)N2CCC3(CC(OCC4CC4)CO3)C2)cn1. The molecule has 1 saturated carbocycles. The second-order valence-corrected chi connectivity index (χ2v) is 7.26. The maximum Gasteiger partial charge on any atom is 0.255 e. The van der Waals surface area contributed by atoms with Gasteiger partial charge in [0.2, 0.25) is 0 Å². The largest absolute Gasteiger partial charge is 0.375 e. The fourth-order valence-corrected chi connectivity index (χ4v) is 3.55. The molecule has 3 heterocycles. The molecule has 0 radical (unpaired) electrons. The van der Waals surface area contributed by atoms with E-state index in [4.69, 9.17) is 9.47 Å². The van der Waals surface area contributed by atoms with Gasteiger partial charge in [0.25, 0.3) is 5.91 Å². The molecule has 1 aromatic heterocycles. The summed E-state index contributed by atoms with van der Waals surface area (Å²) in [6.45, 7) is 4.89.